The Bertz CT molecular complexity index is 1300. The van der Waals surface area contributed by atoms with Crippen LogP contribution in [-0.2, 0) is 10.0 Å². The lowest BCUT2D eigenvalue weighted by Gasteiger charge is -2.05. The molecule has 2 heterocycles. The molecular formula is C22H18N2O4S2. The summed E-state index contributed by atoms with van der Waals surface area (Å²) in [5, 5.41) is 0.785. The van der Waals surface area contributed by atoms with Crippen LogP contribution in [0, 0.1) is 0 Å². The van der Waals surface area contributed by atoms with Gasteiger partial charge in [0.15, 0.2) is 16.6 Å². The maximum absolute atomic E-state index is 12.4. The molecule has 0 bridgehead atoms. The van der Waals surface area contributed by atoms with Crippen LogP contribution in [0.5, 0.6) is 0 Å². The molecule has 2 aromatic heterocycles. The van der Waals surface area contributed by atoms with Crippen LogP contribution in [-0.4, -0.2) is 24.9 Å². The number of aromatic nitrogens is 1. The Hall–Kier alpha value is -3.23. The number of carbonyl (C=O) groups excluding carboxylic acids is 1. The van der Waals surface area contributed by atoms with Crippen LogP contribution in [0.2, 0.25) is 0 Å². The molecule has 30 heavy (non-hydrogen) atoms. The van der Waals surface area contributed by atoms with Crippen molar-refractivity contribution in [2.75, 3.05) is 10.5 Å². The average molecular weight is 439 g/mol. The van der Waals surface area contributed by atoms with Gasteiger partial charge in [0, 0.05) is 11.3 Å². The number of fused-ring (bicyclic) bond motifs is 1. The number of para-hydroxylation sites is 1. The Labute approximate surface area is 177 Å². The number of allylic oxidation sites excluding steroid dienone is 1. The molecule has 0 saturated heterocycles. The van der Waals surface area contributed by atoms with Gasteiger partial charge >= 0.3 is 0 Å². The number of furan rings is 1. The van der Waals surface area contributed by atoms with Crippen molar-refractivity contribution in [3.8, 4) is 10.8 Å². The molecular weight excluding hydrogens is 420 g/mol. The molecule has 0 aliphatic carbocycles. The zero-order chi connectivity index (χ0) is 21.1. The Morgan fingerprint density at radius 1 is 1.10 bits per heavy atom. The number of benzene rings is 2. The lowest BCUT2D eigenvalue weighted by molar-refractivity contribution is 0.104. The number of hydrogen-bond acceptors (Lipinski definition) is 6. The van der Waals surface area contributed by atoms with Gasteiger partial charge in [-0.25, -0.2) is 13.4 Å². The van der Waals surface area contributed by atoms with E-state index in [0.29, 0.717) is 22.8 Å². The first-order chi connectivity index (χ1) is 14.4. The molecule has 0 saturated carbocycles. The normalized spacial score (nSPS) is 11.9. The first-order valence-corrected chi connectivity index (χ1v) is 11.7. The van der Waals surface area contributed by atoms with Crippen LogP contribution in [0.1, 0.15) is 23.0 Å². The largest absolute Gasteiger partial charge is 0.454 e. The third-order valence-corrected chi connectivity index (χ3v) is 6.71. The fourth-order valence-electron chi connectivity index (χ4n) is 2.74. The first-order valence-electron chi connectivity index (χ1n) is 9.22. The molecule has 4 rings (SSSR count). The Morgan fingerprint density at radius 2 is 1.87 bits per heavy atom. The number of hydrogen-bond donors (Lipinski definition) is 1. The summed E-state index contributed by atoms with van der Waals surface area (Å²) in [6.07, 6.45) is 3.03. The summed E-state index contributed by atoms with van der Waals surface area (Å²) in [6, 6.07) is 17.8. The number of carbonyl (C=O) groups is 1. The van der Waals surface area contributed by atoms with Gasteiger partial charge in [0.25, 0.3) is 0 Å². The Balaban J connectivity index is 1.45. The molecule has 8 heteroatoms. The molecule has 0 amide bonds. The van der Waals surface area contributed by atoms with Crippen LogP contribution in [0.15, 0.2) is 71.2 Å². The van der Waals surface area contributed by atoms with Crippen molar-refractivity contribution < 1.29 is 17.6 Å². The summed E-state index contributed by atoms with van der Waals surface area (Å²) in [4.78, 5) is 17.0. The third-order valence-electron chi connectivity index (χ3n) is 4.35. The van der Waals surface area contributed by atoms with E-state index in [0.717, 1.165) is 15.2 Å². The maximum atomic E-state index is 12.4. The summed E-state index contributed by atoms with van der Waals surface area (Å²) in [5.41, 5.74) is 1.79. The Morgan fingerprint density at radius 3 is 2.60 bits per heavy atom. The lowest BCUT2D eigenvalue weighted by atomic mass is 10.1. The van der Waals surface area contributed by atoms with Crippen LogP contribution in [0.3, 0.4) is 0 Å². The van der Waals surface area contributed by atoms with Crippen LogP contribution >= 0.6 is 11.3 Å². The molecule has 0 atom stereocenters. The number of anilines is 1. The summed E-state index contributed by atoms with van der Waals surface area (Å²) < 4.78 is 32.5. The molecule has 0 aliphatic rings. The minimum atomic E-state index is -3.35. The quantitative estimate of drug-likeness (QED) is 0.316. The average Bonchev–Trinajstić information content (AvgIpc) is 3.39. The molecule has 6 nitrogen and oxygen atoms in total. The number of nitrogens with zero attached hydrogens (tertiary/aromatic N) is 1. The summed E-state index contributed by atoms with van der Waals surface area (Å²) >= 11 is 1.55. The third kappa shape index (κ3) is 4.50. The molecule has 0 aliphatic heterocycles. The fourth-order valence-corrected chi connectivity index (χ4v) is 4.31. The van der Waals surface area contributed by atoms with Crippen LogP contribution < -0.4 is 4.72 Å². The van der Waals surface area contributed by atoms with E-state index in [2.05, 4.69) is 9.71 Å². The second-order valence-corrected chi connectivity index (χ2v) is 9.51. The first kappa shape index (κ1) is 20.1. The van der Waals surface area contributed by atoms with Gasteiger partial charge in [0.05, 0.1) is 16.0 Å². The van der Waals surface area contributed by atoms with Gasteiger partial charge in [-0.05, 0) is 67.6 Å². The van der Waals surface area contributed by atoms with Crippen molar-refractivity contribution >= 4 is 49.1 Å². The van der Waals surface area contributed by atoms with E-state index in [1.165, 1.54) is 6.08 Å². The highest BCUT2D eigenvalue weighted by Gasteiger charge is 2.10. The summed E-state index contributed by atoms with van der Waals surface area (Å²) in [6.45, 7) is 1.56. The van der Waals surface area contributed by atoms with Crippen molar-refractivity contribution in [3.05, 3.63) is 78.1 Å². The van der Waals surface area contributed by atoms with E-state index < -0.39 is 10.0 Å². The predicted octanol–water partition coefficient (Wildman–Crippen LogP) is 5.21. The van der Waals surface area contributed by atoms with Gasteiger partial charge in [0.1, 0.15) is 5.76 Å². The van der Waals surface area contributed by atoms with E-state index in [1.807, 2.05) is 30.3 Å². The zero-order valence-corrected chi connectivity index (χ0v) is 17.7. The number of rotatable bonds is 7. The van der Waals surface area contributed by atoms with E-state index >= 15 is 0 Å². The van der Waals surface area contributed by atoms with Crippen molar-refractivity contribution in [2.24, 2.45) is 0 Å². The van der Waals surface area contributed by atoms with Gasteiger partial charge in [-0.1, -0.05) is 12.1 Å². The van der Waals surface area contributed by atoms with Crippen molar-refractivity contribution in [1.82, 2.24) is 4.98 Å². The molecule has 0 radical (unpaired) electrons. The SMILES string of the molecule is CCS(=O)(=O)Nc1ccc(C(=O)/C=C/c2ccc(-c3nc4ccccc4s3)o2)cc1. The molecule has 0 fully saturated rings. The van der Waals surface area contributed by atoms with Gasteiger partial charge in [-0.2, -0.15) is 0 Å². The van der Waals surface area contributed by atoms with Gasteiger partial charge in [-0.15, -0.1) is 11.3 Å². The summed E-state index contributed by atoms with van der Waals surface area (Å²) in [7, 11) is -3.35. The smallest absolute Gasteiger partial charge is 0.232 e. The molecule has 1 N–H and O–H groups in total. The summed E-state index contributed by atoms with van der Waals surface area (Å²) in [5.74, 6) is 0.970. The lowest BCUT2D eigenvalue weighted by Crippen LogP contribution is -2.14. The number of nitrogens with one attached hydrogen (secondary N) is 1. The van der Waals surface area contributed by atoms with Crippen LogP contribution in [0.4, 0.5) is 5.69 Å². The number of thiazole rings is 1. The monoisotopic (exact) mass is 438 g/mol. The van der Waals surface area contributed by atoms with Crippen molar-refractivity contribution in [3.63, 3.8) is 0 Å². The molecule has 2 aromatic carbocycles. The highest BCUT2D eigenvalue weighted by Crippen LogP contribution is 2.31. The number of sulfonamides is 1. The van der Waals surface area contributed by atoms with E-state index in [1.54, 1.807) is 54.7 Å². The van der Waals surface area contributed by atoms with Crippen LogP contribution in [0.25, 0.3) is 27.1 Å². The molecule has 152 valence electrons. The van der Waals surface area contributed by atoms with E-state index in [4.69, 9.17) is 4.42 Å². The fraction of sp³-hybridized carbons (Fsp3) is 0.0909. The van der Waals surface area contributed by atoms with Crippen molar-refractivity contribution in [1.29, 1.82) is 0 Å². The predicted molar refractivity (Wildman–Crippen MR) is 120 cm³/mol. The van der Waals surface area contributed by atoms with E-state index in [-0.39, 0.29) is 11.5 Å². The highest BCUT2D eigenvalue weighted by atomic mass is 32.2. The van der Waals surface area contributed by atoms with Crippen molar-refractivity contribution in [2.45, 2.75) is 6.92 Å². The standard InChI is InChI=1S/C22H18N2O4S2/c1-2-30(26,27)24-16-9-7-15(8-10-16)19(25)13-11-17-12-14-20(28-17)22-23-18-5-3-4-6-21(18)29-22/h3-14,24H,2H2,1H3/b13-11+. The number of ketones is 1. The van der Waals surface area contributed by atoms with Gasteiger partial charge in [0.2, 0.25) is 10.0 Å². The Kier molecular flexibility index (Phi) is 5.52. The second-order valence-electron chi connectivity index (χ2n) is 6.47. The maximum Gasteiger partial charge on any atom is 0.232 e. The van der Waals surface area contributed by atoms with Gasteiger partial charge in [-0.3, -0.25) is 9.52 Å². The van der Waals surface area contributed by atoms with Gasteiger partial charge < -0.3 is 4.42 Å². The molecule has 0 spiro atoms. The topological polar surface area (TPSA) is 89.3 Å². The highest BCUT2D eigenvalue weighted by molar-refractivity contribution is 7.92. The zero-order valence-electron chi connectivity index (χ0n) is 16.0. The molecule has 4 aromatic rings. The minimum Gasteiger partial charge on any atom is -0.454 e. The molecule has 0 unspecified atom stereocenters. The minimum absolute atomic E-state index is 0.0153. The van der Waals surface area contributed by atoms with E-state index in [9.17, 15) is 13.2 Å². The second kappa shape index (κ2) is 8.25.